The highest BCUT2D eigenvalue weighted by molar-refractivity contribution is 9.10. The Morgan fingerprint density at radius 3 is 2.62 bits per heavy atom. The van der Waals surface area contributed by atoms with Crippen molar-refractivity contribution >= 4 is 27.4 Å². The monoisotopic (exact) mass is 515 g/mol. The lowest BCUT2D eigenvalue weighted by Crippen LogP contribution is -2.19. The highest BCUT2D eigenvalue weighted by Crippen LogP contribution is 2.35. The predicted octanol–water partition coefficient (Wildman–Crippen LogP) is 6.60. The minimum absolute atomic E-state index is 0.195. The number of ketones is 1. The fraction of sp³-hybridized carbons (Fsp3) is 0.214. The third-order valence-corrected chi connectivity index (χ3v) is 6.74. The van der Waals surface area contributed by atoms with E-state index in [1.54, 1.807) is 12.5 Å². The van der Waals surface area contributed by atoms with Crippen LogP contribution in [0, 0.1) is 0 Å². The van der Waals surface area contributed by atoms with Gasteiger partial charge >= 0.3 is 0 Å². The van der Waals surface area contributed by atoms with Crippen molar-refractivity contribution < 1.29 is 9.53 Å². The van der Waals surface area contributed by atoms with Crippen LogP contribution in [0.25, 0.3) is 0 Å². The lowest BCUT2D eigenvalue weighted by molar-refractivity contribution is 0.0972. The van der Waals surface area contributed by atoms with Gasteiger partial charge in [-0.3, -0.25) is 4.79 Å². The normalized spacial score (nSPS) is 13.9. The number of Topliss-reactive ketones (excluding diaryl/α,β-unsaturated/α-hetero) is 1. The van der Waals surface area contributed by atoms with E-state index in [0.29, 0.717) is 19.5 Å². The van der Waals surface area contributed by atoms with Crippen molar-refractivity contribution in [3.8, 4) is 5.75 Å². The number of halogens is 1. The lowest BCUT2D eigenvalue weighted by atomic mass is 9.86. The molecule has 1 atom stereocenters. The SMILES string of the molecule is O=C1CCCc2c1ccc(OC(Cn1ccnc1)c1ccccc1)c2CNc1ccc(Br)cc1. The molecule has 4 aromatic rings. The van der Waals surface area contributed by atoms with Gasteiger partial charge in [-0.25, -0.2) is 4.98 Å². The molecule has 6 heteroatoms. The molecule has 5 nitrogen and oxygen atoms in total. The van der Waals surface area contributed by atoms with Crippen molar-refractivity contribution in [2.24, 2.45) is 0 Å². The Hall–Kier alpha value is -3.38. The van der Waals surface area contributed by atoms with Crippen molar-refractivity contribution in [1.29, 1.82) is 0 Å². The molecule has 0 fully saturated rings. The second-order valence-electron chi connectivity index (χ2n) is 8.48. The highest BCUT2D eigenvalue weighted by Gasteiger charge is 2.24. The zero-order valence-electron chi connectivity index (χ0n) is 18.8. The van der Waals surface area contributed by atoms with E-state index >= 15 is 0 Å². The van der Waals surface area contributed by atoms with Gasteiger partial charge in [-0.2, -0.15) is 0 Å². The Bertz CT molecular complexity index is 1260. The van der Waals surface area contributed by atoms with E-state index in [0.717, 1.165) is 51.0 Å². The number of rotatable bonds is 8. The second kappa shape index (κ2) is 10.3. The van der Waals surface area contributed by atoms with Crippen LogP contribution in [-0.2, 0) is 19.5 Å². The van der Waals surface area contributed by atoms with Gasteiger partial charge in [-0.15, -0.1) is 0 Å². The molecule has 1 aliphatic carbocycles. The molecule has 34 heavy (non-hydrogen) atoms. The lowest BCUT2D eigenvalue weighted by Gasteiger charge is -2.26. The van der Waals surface area contributed by atoms with E-state index in [-0.39, 0.29) is 11.9 Å². The van der Waals surface area contributed by atoms with E-state index in [9.17, 15) is 4.79 Å². The van der Waals surface area contributed by atoms with E-state index in [2.05, 4.69) is 38.4 Å². The average molecular weight is 516 g/mol. The van der Waals surface area contributed by atoms with Gasteiger partial charge in [0, 0.05) is 46.6 Å². The summed E-state index contributed by atoms with van der Waals surface area (Å²) in [5, 5.41) is 3.52. The summed E-state index contributed by atoms with van der Waals surface area (Å²) in [5.74, 6) is 1.03. The molecule has 1 aromatic heterocycles. The van der Waals surface area contributed by atoms with E-state index in [4.69, 9.17) is 4.74 Å². The van der Waals surface area contributed by atoms with Crippen LogP contribution in [0.15, 0.2) is 89.9 Å². The van der Waals surface area contributed by atoms with Crippen molar-refractivity contribution in [1.82, 2.24) is 9.55 Å². The number of aromatic nitrogens is 2. The summed E-state index contributed by atoms with van der Waals surface area (Å²) in [6, 6.07) is 22.2. The van der Waals surface area contributed by atoms with Crippen LogP contribution in [0.5, 0.6) is 5.75 Å². The summed E-state index contributed by atoms with van der Waals surface area (Å²) in [6.45, 7) is 1.22. The number of anilines is 1. The zero-order valence-corrected chi connectivity index (χ0v) is 20.4. The standard InChI is InChI=1S/C28H26BrN3O2/c29-21-9-11-22(12-10-21)31-17-25-23-7-4-8-26(33)24(23)13-14-27(25)34-28(18-32-16-15-30-19-32)20-5-2-1-3-6-20/h1-3,5-6,9-16,19,28,31H,4,7-8,17-18H2. The van der Waals surface area contributed by atoms with Crippen LogP contribution >= 0.6 is 15.9 Å². The number of benzene rings is 3. The maximum absolute atomic E-state index is 12.6. The summed E-state index contributed by atoms with van der Waals surface area (Å²) in [6.07, 6.45) is 7.70. The fourth-order valence-corrected chi connectivity index (χ4v) is 4.72. The van der Waals surface area contributed by atoms with Gasteiger partial charge < -0.3 is 14.6 Å². The maximum Gasteiger partial charge on any atom is 0.163 e. The topological polar surface area (TPSA) is 56.2 Å². The molecule has 0 bridgehead atoms. The Kier molecular flexibility index (Phi) is 6.77. The molecular formula is C28H26BrN3O2. The number of nitrogens with one attached hydrogen (secondary N) is 1. The molecule has 0 radical (unpaired) electrons. The summed E-state index contributed by atoms with van der Waals surface area (Å²) in [7, 11) is 0. The van der Waals surface area contributed by atoms with Crippen LogP contribution < -0.4 is 10.1 Å². The first-order valence-electron chi connectivity index (χ1n) is 11.5. The summed E-state index contributed by atoms with van der Waals surface area (Å²) < 4.78 is 9.77. The Morgan fingerprint density at radius 1 is 1.03 bits per heavy atom. The smallest absolute Gasteiger partial charge is 0.163 e. The van der Waals surface area contributed by atoms with E-state index < -0.39 is 0 Å². The van der Waals surface area contributed by atoms with Gasteiger partial charge in [0.2, 0.25) is 0 Å². The predicted molar refractivity (Wildman–Crippen MR) is 137 cm³/mol. The molecular weight excluding hydrogens is 490 g/mol. The Morgan fingerprint density at radius 2 is 1.85 bits per heavy atom. The van der Waals surface area contributed by atoms with Crippen LogP contribution in [0.1, 0.15) is 46.0 Å². The third-order valence-electron chi connectivity index (χ3n) is 6.21. The highest BCUT2D eigenvalue weighted by atomic mass is 79.9. The largest absolute Gasteiger partial charge is 0.483 e. The molecule has 1 aliphatic rings. The zero-order chi connectivity index (χ0) is 23.3. The average Bonchev–Trinajstić information content (AvgIpc) is 3.38. The molecule has 5 rings (SSSR count). The number of carbonyl (C=O) groups excluding carboxylic acids is 1. The minimum Gasteiger partial charge on any atom is -0.483 e. The summed E-state index contributed by atoms with van der Waals surface area (Å²) >= 11 is 3.49. The van der Waals surface area contributed by atoms with Gasteiger partial charge in [-0.05, 0) is 60.4 Å². The molecule has 0 saturated heterocycles. The van der Waals surface area contributed by atoms with Gasteiger partial charge in [-0.1, -0.05) is 46.3 Å². The molecule has 0 saturated carbocycles. The summed E-state index contributed by atoms with van der Waals surface area (Å²) in [4.78, 5) is 16.8. The number of hydrogen-bond donors (Lipinski definition) is 1. The molecule has 172 valence electrons. The fourth-order valence-electron chi connectivity index (χ4n) is 4.46. The number of carbonyl (C=O) groups is 1. The molecule has 1 N–H and O–H groups in total. The first-order chi connectivity index (χ1) is 16.7. The van der Waals surface area contributed by atoms with Gasteiger partial charge in [0.05, 0.1) is 12.9 Å². The molecule has 3 aromatic carbocycles. The molecule has 1 unspecified atom stereocenters. The van der Waals surface area contributed by atoms with Crippen LogP contribution in [-0.4, -0.2) is 15.3 Å². The minimum atomic E-state index is -0.195. The Labute approximate surface area is 207 Å². The number of ether oxygens (including phenoxy) is 1. The van der Waals surface area contributed by atoms with E-state index in [1.807, 2.05) is 65.4 Å². The van der Waals surface area contributed by atoms with Gasteiger partial charge in [0.25, 0.3) is 0 Å². The van der Waals surface area contributed by atoms with Crippen molar-refractivity contribution in [2.75, 3.05) is 5.32 Å². The summed E-state index contributed by atoms with van der Waals surface area (Å²) in [5.41, 5.74) is 5.11. The molecule has 0 spiro atoms. The first-order valence-corrected chi connectivity index (χ1v) is 12.3. The van der Waals surface area contributed by atoms with Crippen molar-refractivity contribution in [3.05, 3.63) is 112 Å². The van der Waals surface area contributed by atoms with Crippen LogP contribution in [0.4, 0.5) is 5.69 Å². The maximum atomic E-state index is 12.6. The Balaban J connectivity index is 1.49. The van der Waals surface area contributed by atoms with E-state index in [1.165, 1.54) is 0 Å². The first kappa shape index (κ1) is 22.4. The molecule has 1 heterocycles. The third kappa shape index (κ3) is 5.07. The number of imidazole rings is 1. The van der Waals surface area contributed by atoms with Crippen LogP contribution in [0.3, 0.4) is 0 Å². The van der Waals surface area contributed by atoms with Crippen molar-refractivity contribution in [3.63, 3.8) is 0 Å². The van der Waals surface area contributed by atoms with Gasteiger partial charge in [0.1, 0.15) is 11.9 Å². The number of nitrogens with zero attached hydrogens (tertiary/aromatic N) is 2. The van der Waals surface area contributed by atoms with Crippen molar-refractivity contribution in [2.45, 2.75) is 38.5 Å². The number of hydrogen-bond acceptors (Lipinski definition) is 4. The number of fused-ring (bicyclic) bond motifs is 1. The molecule has 0 aliphatic heterocycles. The second-order valence-corrected chi connectivity index (χ2v) is 9.40. The van der Waals surface area contributed by atoms with Gasteiger partial charge in [0.15, 0.2) is 5.78 Å². The quantitative estimate of drug-likeness (QED) is 0.287. The van der Waals surface area contributed by atoms with Crippen LogP contribution in [0.2, 0.25) is 0 Å². The molecule has 0 amide bonds.